The first kappa shape index (κ1) is 23.2. The van der Waals surface area contributed by atoms with Crippen LogP contribution in [0.3, 0.4) is 0 Å². The standard InChI is InChI=1S/C22H24N2O4S3/c1-4-28-18-9-7-17(8-10-18)24(2)31(26,27)20-13-14-30-21(20)22(25)23-15-16-5-11-19(29-3)12-6-16/h5-14H,4,15H2,1-3H3,(H,23,25). The van der Waals surface area contributed by atoms with Crippen LogP contribution in [0.15, 0.2) is 69.8 Å². The lowest BCUT2D eigenvalue weighted by molar-refractivity contribution is 0.0952. The average molecular weight is 477 g/mol. The van der Waals surface area contributed by atoms with Crippen molar-refractivity contribution >= 4 is 44.7 Å². The number of anilines is 1. The average Bonchev–Trinajstić information content (AvgIpc) is 3.29. The molecule has 31 heavy (non-hydrogen) atoms. The fourth-order valence-corrected chi connectivity index (χ4v) is 5.80. The van der Waals surface area contributed by atoms with E-state index in [9.17, 15) is 13.2 Å². The molecule has 0 fully saturated rings. The van der Waals surface area contributed by atoms with E-state index in [1.807, 2.05) is 37.4 Å². The molecule has 1 N–H and O–H groups in total. The van der Waals surface area contributed by atoms with Gasteiger partial charge in [-0.2, -0.15) is 0 Å². The number of amides is 1. The van der Waals surface area contributed by atoms with E-state index in [0.29, 0.717) is 24.6 Å². The number of nitrogens with zero attached hydrogens (tertiary/aromatic N) is 1. The van der Waals surface area contributed by atoms with Gasteiger partial charge in [-0.05, 0) is 66.6 Å². The number of hydrogen-bond acceptors (Lipinski definition) is 6. The van der Waals surface area contributed by atoms with Crippen molar-refractivity contribution in [3.8, 4) is 5.75 Å². The van der Waals surface area contributed by atoms with Crippen LogP contribution in [0.2, 0.25) is 0 Å². The second kappa shape index (κ2) is 10.2. The smallest absolute Gasteiger partial charge is 0.265 e. The Kier molecular flexibility index (Phi) is 7.64. The van der Waals surface area contributed by atoms with Crippen LogP contribution >= 0.6 is 23.1 Å². The fourth-order valence-electron chi connectivity index (χ4n) is 2.88. The molecule has 0 radical (unpaired) electrons. The Balaban J connectivity index is 1.75. The second-order valence-electron chi connectivity index (χ2n) is 6.54. The van der Waals surface area contributed by atoms with Gasteiger partial charge in [0.25, 0.3) is 15.9 Å². The van der Waals surface area contributed by atoms with Gasteiger partial charge in [-0.3, -0.25) is 9.10 Å². The van der Waals surface area contributed by atoms with Gasteiger partial charge < -0.3 is 10.1 Å². The van der Waals surface area contributed by atoms with E-state index in [1.165, 1.54) is 17.4 Å². The molecule has 9 heteroatoms. The molecule has 0 unspecified atom stereocenters. The van der Waals surface area contributed by atoms with Crippen LogP contribution in [0.1, 0.15) is 22.2 Å². The predicted octanol–water partition coefficient (Wildman–Crippen LogP) is 4.62. The third-order valence-corrected chi connectivity index (χ3v) is 8.21. The lowest BCUT2D eigenvalue weighted by Gasteiger charge is -2.20. The quantitative estimate of drug-likeness (QED) is 0.456. The number of thioether (sulfide) groups is 1. The SMILES string of the molecule is CCOc1ccc(N(C)S(=O)(=O)c2ccsc2C(=O)NCc2ccc(SC)cc2)cc1. The molecule has 0 aliphatic heterocycles. The Hall–Kier alpha value is -2.49. The minimum absolute atomic E-state index is 0.0101. The van der Waals surface area contributed by atoms with Crippen LogP contribution in [0.5, 0.6) is 5.75 Å². The highest BCUT2D eigenvalue weighted by Crippen LogP contribution is 2.29. The van der Waals surface area contributed by atoms with Gasteiger partial charge in [0.15, 0.2) is 0 Å². The summed E-state index contributed by atoms with van der Waals surface area (Å²) < 4.78 is 33.0. The molecule has 3 aromatic rings. The van der Waals surface area contributed by atoms with Crippen molar-refractivity contribution in [3.05, 3.63) is 70.4 Å². The highest BCUT2D eigenvalue weighted by Gasteiger charge is 2.28. The zero-order valence-electron chi connectivity index (χ0n) is 17.5. The second-order valence-corrected chi connectivity index (χ2v) is 10.3. The summed E-state index contributed by atoms with van der Waals surface area (Å²) >= 11 is 2.75. The molecule has 164 valence electrons. The molecule has 0 atom stereocenters. The molecule has 0 aliphatic rings. The molecule has 0 aliphatic carbocycles. The molecule has 1 heterocycles. The summed E-state index contributed by atoms with van der Waals surface area (Å²) in [6.45, 7) is 2.73. The highest BCUT2D eigenvalue weighted by molar-refractivity contribution is 7.98. The van der Waals surface area contributed by atoms with E-state index in [1.54, 1.807) is 41.4 Å². The number of carbonyl (C=O) groups excluding carboxylic acids is 1. The maximum Gasteiger partial charge on any atom is 0.265 e. The maximum absolute atomic E-state index is 13.2. The van der Waals surface area contributed by atoms with Crippen LogP contribution < -0.4 is 14.4 Å². The minimum Gasteiger partial charge on any atom is -0.494 e. The third kappa shape index (κ3) is 5.41. The maximum atomic E-state index is 13.2. The predicted molar refractivity (Wildman–Crippen MR) is 127 cm³/mol. The number of sulfonamides is 1. The summed E-state index contributed by atoms with van der Waals surface area (Å²) in [6, 6.07) is 16.1. The number of hydrogen-bond donors (Lipinski definition) is 1. The van der Waals surface area contributed by atoms with E-state index in [4.69, 9.17) is 4.74 Å². The van der Waals surface area contributed by atoms with Gasteiger partial charge in [0, 0.05) is 18.5 Å². The third-order valence-electron chi connectivity index (χ3n) is 4.60. The molecule has 0 bridgehead atoms. The Bertz CT molecular complexity index is 1120. The molecule has 1 aromatic heterocycles. The summed E-state index contributed by atoms with van der Waals surface area (Å²) in [4.78, 5) is 14.0. The largest absolute Gasteiger partial charge is 0.494 e. The molecule has 0 saturated carbocycles. The number of thiophene rings is 1. The summed E-state index contributed by atoms with van der Waals surface area (Å²) in [6.07, 6.45) is 2.00. The highest BCUT2D eigenvalue weighted by atomic mass is 32.2. The number of rotatable bonds is 9. The van der Waals surface area contributed by atoms with Crippen molar-refractivity contribution in [1.82, 2.24) is 5.32 Å². The summed E-state index contributed by atoms with van der Waals surface area (Å²) in [7, 11) is -2.43. The van der Waals surface area contributed by atoms with Crippen LogP contribution in [0, 0.1) is 0 Å². The molecule has 6 nitrogen and oxygen atoms in total. The molecule has 0 spiro atoms. The Morgan fingerprint density at radius 1 is 1.10 bits per heavy atom. The van der Waals surface area contributed by atoms with E-state index in [-0.39, 0.29) is 9.77 Å². The van der Waals surface area contributed by atoms with Gasteiger partial charge in [-0.15, -0.1) is 23.1 Å². The lowest BCUT2D eigenvalue weighted by atomic mass is 10.2. The van der Waals surface area contributed by atoms with E-state index in [0.717, 1.165) is 21.8 Å². The molecule has 3 rings (SSSR count). The molecule has 2 aromatic carbocycles. The molecule has 0 saturated heterocycles. The van der Waals surface area contributed by atoms with Gasteiger partial charge in [0.05, 0.1) is 12.3 Å². The van der Waals surface area contributed by atoms with E-state index in [2.05, 4.69) is 5.32 Å². The van der Waals surface area contributed by atoms with Gasteiger partial charge in [0.2, 0.25) is 0 Å². The number of nitrogens with one attached hydrogen (secondary N) is 1. The minimum atomic E-state index is -3.90. The fraction of sp³-hybridized carbons (Fsp3) is 0.227. The van der Waals surface area contributed by atoms with Crippen molar-refractivity contribution in [2.45, 2.75) is 23.3 Å². The molecular weight excluding hydrogens is 452 g/mol. The van der Waals surface area contributed by atoms with Crippen molar-refractivity contribution < 1.29 is 17.9 Å². The van der Waals surface area contributed by atoms with Crippen molar-refractivity contribution in [1.29, 1.82) is 0 Å². The van der Waals surface area contributed by atoms with Gasteiger partial charge in [-0.1, -0.05) is 12.1 Å². The van der Waals surface area contributed by atoms with Crippen molar-refractivity contribution in [2.24, 2.45) is 0 Å². The first-order valence-corrected chi connectivity index (χ1v) is 13.1. The van der Waals surface area contributed by atoms with Crippen molar-refractivity contribution in [3.63, 3.8) is 0 Å². The van der Waals surface area contributed by atoms with Crippen molar-refractivity contribution in [2.75, 3.05) is 24.2 Å². The zero-order chi connectivity index (χ0) is 22.4. The van der Waals surface area contributed by atoms with Gasteiger partial charge >= 0.3 is 0 Å². The number of carbonyl (C=O) groups is 1. The van der Waals surface area contributed by atoms with E-state index >= 15 is 0 Å². The Morgan fingerprint density at radius 3 is 2.39 bits per heavy atom. The summed E-state index contributed by atoms with van der Waals surface area (Å²) in [5.41, 5.74) is 1.42. The Labute approximate surface area is 191 Å². The van der Waals surface area contributed by atoms with Crippen LogP contribution in [0.25, 0.3) is 0 Å². The normalized spacial score (nSPS) is 11.2. The molecule has 1 amide bonds. The topological polar surface area (TPSA) is 75.7 Å². The van der Waals surface area contributed by atoms with Crippen LogP contribution in [-0.4, -0.2) is 34.2 Å². The van der Waals surface area contributed by atoms with Gasteiger partial charge in [0.1, 0.15) is 15.5 Å². The van der Waals surface area contributed by atoms with Gasteiger partial charge in [-0.25, -0.2) is 8.42 Å². The summed E-state index contributed by atoms with van der Waals surface area (Å²) in [5, 5.41) is 4.43. The molecular formula is C22H24N2O4S3. The lowest BCUT2D eigenvalue weighted by Crippen LogP contribution is -2.29. The Morgan fingerprint density at radius 2 is 1.77 bits per heavy atom. The monoisotopic (exact) mass is 476 g/mol. The van der Waals surface area contributed by atoms with E-state index < -0.39 is 15.9 Å². The summed E-state index contributed by atoms with van der Waals surface area (Å²) in [5.74, 6) is 0.251. The zero-order valence-corrected chi connectivity index (χ0v) is 19.9. The number of benzene rings is 2. The van der Waals surface area contributed by atoms with Crippen LogP contribution in [-0.2, 0) is 16.6 Å². The number of ether oxygens (including phenoxy) is 1. The first-order chi connectivity index (χ1) is 14.9. The van der Waals surface area contributed by atoms with Crippen LogP contribution in [0.4, 0.5) is 5.69 Å². The first-order valence-electron chi connectivity index (χ1n) is 9.57.